The van der Waals surface area contributed by atoms with E-state index in [1.54, 1.807) is 4.90 Å². The minimum Gasteiger partial charge on any atom is -0.342 e. The van der Waals surface area contributed by atoms with Gasteiger partial charge in [0.05, 0.1) is 11.6 Å². The molecule has 26 heavy (non-hydrogen) atoms. The highest BCUT2D eigenvalue weighted by Gasteiger charge is 2.31. The van der Waals surface area contributed by atoms with Gasteiger partial charge in [-0.05, 0) is 55.4 Å². The Bertz CT molecular complexity index is 704. The highest BCUT2D eigenvalue weighted by Crippen LogP contribution is 2.30. The van der Waals surface area contributed by atoms with Crippen molar-refractivity contribution >= 4 is 11.8 Å². The van der Waals surface area contributed by atoms with E-state index < -0.39 is 0 Å². The van der Waals surface area contributed by atoms with Crippen LogP contribution >= 0.6 is 0 Å². The summed E-state index contributed by atoms with van der Waals surface area (Å²) in [5, 5.41) is 8.90. The van der Waals surface area contributed by atoms with Crippen molar-refractivity contribution in [2.45, 2.75) is 31.6 Å². The largest absolute Gasteiger partial charge is 0.342 e. The fourth-order valence-corrected chi connectivity index (χ4v) is 4.00. The molecule has 5 heteroatoms. The Labute approximate surface area is 154 Å². The van der Waals surface area contributed by atoms with E-state index >= 15 is 0 Å². The summed E-state index contributed by atoms with van der Waals surface area (Å²) in [4.78, 5) is 28.2. The predicted octanol–water partition coefficient (Wildman–Crippen LogP) is 2.69. The van der Waals surface area contributed by atoms with Crippen molar-refractivity contribution in [3.8, 4) is 6.07 Å². The van der Waals surface area contributed by atoms with Crippen LogP contribution in [0.15, 0.2) is 36.9 Å². The summed E-state index contributed by atoms with van der Waals surface area (Å²) < 4.78 is 0. The van der Waals surface area contributed by atoms with Crippen LogP contribution in [0.5, 0.6) is 0 Å². The Morgan fingerprint density at radius 1 is 1.00 bits per heavy atom. The number of piperidine rings is 2. The topological polar surface area (TPSA) is 64.4 Å². The molecule has 0 saturated carbocycles. The van der Waals surface area contributed by atoms with Crippen molar-refractivity contribution in [2.75, 3.05) is 26.2 Å². The van der Waals surface area contributed by atoms with Gasteiger partial charge < -0.3 is 9.80 Å². The first kappa shape index (κ1) is 18.2. The zero-order chi connectivity index (χ0) is 18.5. The molecule has 0 aromatic heterocycles. The van der Waals surface area contributed by atoms with Crippen LogP contribution in [0, 0.1) is 17.2 Å². The number of nitriles is 1. The molecule has 1 aromatic carbocycles. The van der Waals surface area contributed by atoms with Crippen LogP contribution in [0.4, 0.5) is 0 Å². The van der Waals surface area contributed by atoms with Gasteiger partial charge in [0.2, 0.25) is 11.8 Å². The van der Waals surface area contributed by atoms with Crippen LogP contribution in [-0.2, 0) is 9.59 Å². The van der Waals surface area contributed by atoms with Crippen molar-refractivity contribution in [1.82, 2.24) is 9.80 Å². The molecule has 2 aliphatic rings. The number of rotatable bonds is 3. The molecule has 2 saturated heterocycles. The average molecular weight is 351 g/mol. The smallest absolute Gasteiger partial charge is 0.245 e. The number of likely N-dealkylation sites (tertiary alicyclic amines) is 2. The van der Waals surface area contributed by atoms with Gasteiger partial charge in [-0.15, -0.1) is 0 Å². The lowest BCUT2D eigenvalue weighted by molar-refractivity contribution is -0.140. The quantitative estimate of drug-likeness (QED) is 0.787. The van der Waals surface area contributed by atoms with E-state index in [1.165, 1.54) is 11.6 Å². The Morgan fingerprint density at radius 3 is 2.12 bits per heavy atom. The van der Waals surface area contributed by atoms with Gasteiger partial charge in [-0.2, -0.15) is 5.26 Å². The minimum atomic E-state index is -0.0425. The first-order valence-electron chi connectivity index (χ1n) is 9.32. The molecule has 1 aromatic rings. The molecule has 2 heterocycles. The first-order chi connectivity index (χ1) is 12.6. The lowest BCUT2D eigenvalue weighted by atomic mass is 9.87. The van der Waals surface area contributed by atoms with Gasteiger partial charge in [0.15, 0.2) is 0 Å². The van der Waals surface area contributed by atoms with Gasteiger partial charge in [-0.1, -0.05) is 18.7 Å². The molecule has 0 N–H and O–H groups in total. The summed E-state index contributed by atoms with van der Waals surface area (Å²) in [7, 11) is 0. The number of hydrogen-bond donors (Lipinski definition) is 0. The number of carbonyl (C=O) groups excluding carboxylic acids is 2. The zero-order valence-corrected chi connectivity index (χ0v) is 15.1. The Morgan fingerprint density at radius 2 is 1.58 bits per heavy atom. The first-order valence-corrected chi connectivity index (χ1v) is 9.32. The maximum absolute atomic E-state index is 12.8. The molecule has 0 unspecified atom stereocenters. The lowest BCUT2D eigenvalue weighted by Crippen LogP contribution is -2.46. The van der Waals surface area contributed by atoms with Crippen LogP contribution in [0.3, 0.4) is 0 Å². The molecule has 0 bridgehead atoms. The highest BCUT2D eigenvalue weighted by atomic mass is 16.2. The molecular weight excluding hydrogens is 326 g/mol. The van der Waals surface area contributed by atoms with E-state index in [4.69, 9.17) is 5.26 Å². The standard InChI is InChI=1S/C21H25N3O2/c1-2-20(25)23-11-9-19(10-12-23)21(26)24-13-7-18(8-14-24)17-5-3-16(15-22)4-6-17/h2-6,18-19H,1,7-14H2. The third-order valence-electron chi connectivity index (χ3n) is 5.65. The minimum absolute atomic E-state index is 0.0373. The van der Waals surface area contributed by atoms with Gasteiger partial charge in [0.25, 0.3) is 0 Å². The van der Waals surface area contributed by atoms with Crippen molar-refractivity contribution in [3.05, 3.63) is 48.0 Å². The summed E-state index contributed by atoms with van der Waals surface area (Å²) in [5.41, 5.74) is 1.94. The van der Waals surface area contributed by atoms with Crippen molar-refractivity contribution in [1.29, 1.82) is 5.26 Å². The van der Waals surface area contributed by atoms with Gasteiger partial charge in [-0.25, -0.2) is 0 Å². The van der Waals surface area contributed by atoms with E-state index in [0.29, 0.717) is 24.6 Å². The molecule has 3 rings (SSSR count). The van der Waals surface area contributed by atoms with Crippen LogP contribution in [0.1, 0.15) is 42.7 Å². The second-order valence-corrected chi connectivity index (χ2v) is 7.14. The van der Waals surface area contributed by atoms with Crippen LogP contribution in [-0.4, -0.2) is 47.8 Å². The molecule has 0 aliphatic carbocycles. The fourth-order valence-electron chi connectivity index (χ4n) is 4.00. The Kier molecular flexibility index (Phi) is 5.72. The zero-order valence-electron chi connectivity index (χ0n) is 15.1. The molecule has 0 spiro atoms. The number of nitrogens with zero attached hydrogens (tertiary/aromatic N) is 3. The summed E-state index contributed by atoms with van der Waals surface area (Å²) in [6.07, 6.45) is 4.76. The second kappa shape index (κ2) is 8.18. The molecule has 0 atom stereocenters. The molecule has 2 aliphatic heterocycles. The average Bonchev–Trinajstić information content (AvgIpc) is 2.73. The third-order valence-corrected chi connectivity index (χ3v) is 5.65. The van der Waals surface area contributed by atoms with Crippen LogP contribution in [0.2, 0.25) is 0 Å². The Balaban J connectivity index is 1.50. The maximum atomic E-state index is 12.8. The molecule has 2 amide bonds. The monoisotopic (exact) mass is 351 g/mol. The summed E-state index contributed by atoms with van der Waals surface area (Å²) in [6, 6.07) is 9.95. The molecule has 5 nitrogen and oxygen atoms in total. The number of benzene rings is 1. The number of amides is 2. The van der Waals surface area contributed by atoms with E-state index in [2.05, 4.69) is 12.6 Å². The van der Waals surface area contributed by atoms with Gasteiger partial charge in [0, 0.05) is 32.1 Å². The van der Waals surface area contributed by atoms with Gasteiger partial charge >= 0.3 is 0 Å². The van der Waals surface area contributed by atoms with E-state index in [-0.39, 0.29) is 17.7 Å². The summed E-state index contributed by atoms with van der Waals surface area (Å²) in [5.74, 6) is 0.697. The van der Waals surface area contributed by atoms with E-state index in [9.17, 15) is 9.59 Å². The van der Waals surface area contributed by atoms with E-state index in [1.807, 2.05) is 29.2 Å². The fraction of sp³-hybridized carbons (Fsp3) is 0.476. The second-order valence-electron chi connectivity index (χ2n) is 7.14. The maximum Gasteiger partial charge on any atom is 0.245 e. The van der Waals surface area contributed by atoms with E-state index in [0.717, 1.165) is 38.8 Å². The summed E-state index contributed by atoms with van der Waals surface area (Å²) in [6.45, 7) is 6.38. The SMILES string of the molecule is C=CC(=O)N1CCC(C(=O)N2CCC(c3ccc(C#N)cc3)CC2)CC1. The molecule has 2 fully saturated rings. The normalized spacial score (nSPS) is 19.0. The molecule has 136 valence electrons. The van der Waals surface area contributed by atoms with Gasteiger partial charge in [-0.3, -0.25) is 9.59 Å². The molecule has 0 radical (unpaired) electrons. The Hall–Kier alpha value is -2.61. The third kappa shape index (κ3) is 3.96. The lowest BCUT2D eigenvalue weighted by Gasteiger charge is -2.37. The highest BCUT2D eigenvalue weighted by molar-refractivity contribution is 5.87. The predicted molar refractivity (Wildman–Crippen MR) is 99.2 cm³/mol. The van der Waals surface area contributed by atoms with Crippen LogP contribution in [0.25, 0.3) is 0 Å². The van der Waals surface area contributed by atoms with Crippen molar-refractivity contribution < 1.29 is 9.59 Å². The molecular formula is C21H25N3O2. The van der Waals surface area contributed by atoms with Crippen molar-refractivity contribution in [2.24, 2.45) is 5.92 Å². The van der Waals surface area contributed by atoms with Crippen molar-refractivity contribution in [3.63, 3.8) is 0 Å². The number of hydrogen-bond acceptors (Lipinski definition) is 3. The number of carbonyl (C=O) groups is 2. The summed E-state index contributed by atoms with van der Waals surface area (Å²) >= 11 is 0. The van der Waals surface area contributed by atoms with Crippen LogP contribution < -0.4 is 0 Å². The van der Waals surface area contributed by atoms with Gasteiger partial charge in [0.1, 0.15) is 0 Å².